The number of benzene rings is 2. The molecule has 2 aromatic rings. The van der Waals surface area contributed by atoms with Gasteiger partial charge in [0.15, 0.2) is 0 Å². The largest absolute Gasteiger partial charge is 0.377 e. The average molecular weight is 477 g/mol. The lowest BCUT2D eigenvalue weighted by molar-refractivity contribution is -0.135. The van der Waals surface area contributed by atoms with E-state index in [1.54, 1.807) is 29.2 Å². The van der Waals surface area contributed by atoms with E-state index >= 15 is 0 Å². The van der Waals surface area contributed by atoms with Gasteiger partial charge in [0.05, 0.1) is 44.5 Å². The number of carbonyl (C=O) groups excluding carboxylic acids is 1. The summed E-state index contributed by atoms with van der Waals surface area (Å²) >= 11 is 0. The van der Waals surface area contributed by atoms with Crippen molar-refractivity contribution in [2.75, 3.05) is 52.7 Å². The number of hydrogen-bond donors (Lipinski definition) is 1. The fraction of sp³-hybridized carbons (Fsp3) is 0.458. The van der Waals surface area contributed by atoms with Gasteiger partial charge in [0.1, 0.15) is 6.04 Å². The highest BCUT2D eigenvalue weighted by molar-refractivity contribution is 7.89. The van der Waals surface area contributed by atoms with E-state index < -0.39 is 16.1 Å². The normalized spacial score (nSPS) is 17.5. The Morgan fingerprint density at radius 3 is 2.00 bits per heavy atom. The monoisotopic (exact) mass is 476 g/mol. The Kier molecular flexibility index (Phi) is 9.83. The van der Waals surface area contributed by atoms with Gasteiger partial charge in [-0.25, -0.2) is 8.42 Å². The third-order valence-corrected chi connectivity index (χ3v) is 6.76. The SMILES string of the molecule is Cc1ccc(S(=O)(=O)N[C@H](Cc2ccccc2)C(=O)N2CCOCCOCCOCC2)cc1. The van der Waals surface area contributed by atoms with Crippen LogP contribution in [0.1, 0.15) is 11.1 Å². The van der Waals surface area contributed by atoms with E-state index in [2.05, 4.69) is 4.72 Å². The first kappa shape index (κ1) is 25.3. The number of ether oxygens (including phenoxy) is 3. The highest BCUT2D eigenvalue weighted by atomic mass is 32.2. The third kappa shape index (κ3) is 8.21. The van der Waals surface area contributed by atoms with Crippen molar-refractivity contribution in [1.82, 2.24) is 9.62 Å². The van der Waals surface area contributed by atoms with Gasteiger partial charge >= 0.3 is 0 Å². The summed E-state index contributed by atoms with van der Waals surface area (Å²) in [6, 6.07) is 15.0. The molecule has 33 heavy (non-hydrogen) atoms. The fourth-order valence-corrected chi connectivity index (χ4v) is 4.64. The summed E-state index contributed by atoms with van der Waals surface area (Å²) < 4.78 is 45.3. The van der Waals surface area contributed by atoms with E-state index in [1.165, 1.54) is 0 Å². The first-order valence-electron chi connectivity index (χ1n) is 11.1. The highest BCUT2D eigenvalue weighted by Crippen LogP contribution is 2.14. The Labute approximate surface area is 195 Å². The molecule has 0 unspecified atom stereocenters. The van der Waals surface area contributed by atoms with Gasteiger partial charge in [-0.05, 0) is 31.0 Å². The van der Waals surface area contributed by atoms with Gasteiger partial charge in [0.2, 0.25) is 15.9 Å². The minimum Gasteiger partial charge on any atom is -0.377 e. The van der Waals surface area contributed by atoms with Crippen molar-refractivity contribution in [3.05, 3.63) is 65.7 Å². The van der Waals surface area contributed by atoms with Crippen LogP contribution in [0, 0.1) is 6.92 Å². The molecule has 1 atom stereocenters. The van der Waals surface area contributed by atoms with E-state index in [-0.39, 0.29) is 17.2 Å². The van der Waals surface area contributed by atoms with Crippen LogP contribution in [-0.4, -0.2) is 78.0 Å². The van der Waals surface area contributed by atoms with Gasteiger partial charge in [-0.1, -0.05) is 48.0 Å². The number of rotatable bonds is 6. The summed E-state index contributed by atoms with van der Waals surface area (Å²) in [7, 11) is -3.90. The van der Waals surface area contributed by atoms with E-state index in [9.17, 15) is 13.2 Å². The van der Waals surface area contributed by atoms with Crippen molar-refractivity contribution < 1.29 is 27.4 Å². The molecule has 1 saturated heterocycles. The quantitative estimate of drug-likeness (QED) is 0.683. The molecule has 0 aromatic heterocycles. The molecule has 0 aliphatic carbocycles. The lowest BCUT2D eigenvalue weighted by Crippen LogP contribution is -2.51. The molecule has 2 aromatic carbocycles. The number of hydrogen-bond acceptors (Lipinski definition) is 6. The maximum atomic E-state index is 13.5. The lowest BCUT2D eigenvalue weighted by atomic mass is 10.1. The van der Waals surface area contributed by atoms with Crippen molar-refractivity contribution in [1.29, 1.82) is 0 Å². The number of sulfonamides is 1. The van der Waals surface area contributed by atoms with Gasteiger partial charge in [0.25, 0.3) is 0 Å². The number of carbonyl (C=O) groups is 1. The minimum absolute atomic E-state index is 0.124. The molecule has 9 heteroatoms. The Morgan fingerprint density at radius 2 is 1.42 bits per heavy atom. The van der Waals surface area contributed by atoms with Crippen LogP contribution >= 0.6 is 0 Å². The van der Waals surface area contributed by atoms with Gasteiger partial charge < -0.3 is 19.1 Å². The molecule has 1 N–H and O–H groups in total. The summed E-state index contributed by atoms with van der Waals surface area (Å²) in [5.74, 6) is -0.310. The smallest absolute Gasteiger partial charge is 0.241 e. The van der Waals surface area contributed by atoms with Crippen molar-refractivity contribution in [3.63, 3.8) is 0 Å². The van der Waals surface area contributed by atoms with Crippen LogP contribution in [0.4, 0.5) is 0 Å². The second kappa shape index (κ2) is 12.8. The van der Waals surface area contributed by atoms with E-state index in [4.69, 9.17) is 14.2 Å². The molecular formula is C24H32N2O6S. The summed E-state index contributed by atoms with van der Waals surface area (Å²) in [5, 5.41) is 0. The number of nitrogens with zero attached hydrogens (tertiary/aromatic N) is 1. The van der Waals surface area contributed by atoms with E-state index in [0.717, 1.165) is 11.1 Å². The summed E-state index contributed by atoms with van der Waals surface area (Å²) in [4.78, 5) is 15.3. The predicted octanol–water partition coefficient (Wildman–Crippen LogP) is 1.78. The van der Waals surface area contributed by atoms with Gasteiger partial charge in [-0.15, -0.1) is 0 Å². The Bertz CT molecular complexity index is 954. The zero-order valence-corrected chi connectivity index (χ0v) is 19.8. The molecule has 0 saturated carbocycles. The molecule has 3 rings (SSSR count). The van der Waals surface area contributed by atoms with Crippen LogP contribution in [0.5, 0.6) is 0 Å². The molecule has 0 radical (unpaired) electrons. The van der Waals surface area contributed by atoms with Crippen LogP contribution in [0.25, 0.3) is 0 Å². The lowest BCUT2D eigenvalue weighted by Gasteiger charge is -2.28. The number of aryl methyl sites for hydroxylation is 1. The zero-order valence-electron chi connectivity index (χ0n) is 18.9. The van der Waals surface area contributed by atoms with Gasteiger partial charge in [-0.3, -0.25) is 4.79 Å². The predicted molar refractivity (Wildman–Crippen MR) is 124 cm³/mol. The van der Waals surface area contributed by atoms with Crippen LogP contribution in [0.15, 0.2) is 59.5 Å². The molecule has 1 heterocycles. The fourth-order valence-electron chi connectivity index (χ4n) is 3.45. The first-order valence-corrected chi connectivity index (χ1v) is 12.6. The van der Waals surface area contributed by atoms with Crippen LogP contribution in [0.3, 0.4) is 0 Å². The second-order valence-electron chi connectivity index (χ2n) is 7.84. The Hall–Kier alpha value is -2.30. The van der Waals surface area contributed by atoms with Gasteiger partial charge in [0, 0.05) is 13.1 Å². The first-order chi connectivity index (χ1) is 16.0. The van der Waals surface area contributed by atoms with Crippen molar-refractivity contribution in [2.45, 2.75) is 24.3 Å². The van der Waals surface area contributed by atoms with Crippen molar-refractivity contribution in [3.8, 4) is 0 Å². The molecule has 1 aliphatic heterocycles. The number of amides is 1. The van der Waals surface area contributed by atoms with E-state index in [0.29, 0.717) is 52.7 Å². The standard InChI is InChI=1S/C24H32N2O6S/c1-20-7-9-22(10-8-20)33(28,29)25-23(19-21-5-3-2-4-6-21)24(27)26-11-13-30-15-17-32-18-16-31-14-12-26/h2-10,23,25H,11-19H2,1H3/t23-/m1/s1. The Balaban J connectivity index is 1.80. The average Bonchev–Trinajstić information content (AvgIpc) is 2.79. The summed E-state index contributed by atoms with van der Waals surface area (Å²) in [5.41, 5.74) is 1.82. The molecule has 0 bridgehead atoms. The summed E-state index contributed by atoms with van der Waals surface area (Å²) in [6.07, 6.45) is 0.233. The molecular weight excluding hydrogens is 444 g/mol. The maximum absolute atomic E-state index is 13.5. The third-order valence-electron chi connectivity index (χ3n) is 5.28. The summed E-state index contributed by atoms with van der Waals surface area (Å²) in [6.45, 7) is 4.99. The molecule has 1 aliphatic rings. The number of nitrogens with one attached hydrogen (secondary N) is 1. The zero-order chi connectivity index (χ0) is 23.5. The molecule has 1 amide bonds. The molecule has 0 spiro atoms. The highest BCUT2D eigenvalue weighted by Gasteiger charge is 2.29. The molecule has 1 fully saturated rings. The molecule has 180 valence electrons. The van der Waals surface area contributed by atoms with Crippen LogP contribution in [0.2, 0.25) is 0 Å². The Morgan fingerprint density at radius 1 is 0.879 bits per heavy atom. The van der Waals surface area contributed by atoms with Crippen LogP contribution < -0.4 is 4.72 Å². The minimum atomic E-state index is -3.90. The van der Waals surface area contributed by atoms with Crippen molar-refractivity contribution >= 4 is 15.9 Å². The van der Waals surface area contributed by atoms with Crippen molar-refractivity contribution in [2.24, 2.45) is 0 Å². The van der Waals surface area contributed by atoms with Crippen LogP contribution in [-0.2, 0) is 35.4 Å². The topological polar surface area (TPSA) is 94.2 Å². The van der Waals surface area contributed by atoms with E-state index in [1.807, 2.05) is 37.3 Å². The maximum Gasteiger partial charge on any atom is 0.241 e. The second-order valence-corrected chi connectivity index (χ2v) is 9.55. The van der Waals surface area contributed by atoms with Gasteiger partial charge in [-0.2, -0.15) is 4.72 Å². The molecule has 8 nitrogen and oxygen atoms in total.